The molecule has 0 fully saturated rings. The second-order valence-electron chi connectivity index (χ2n) is 3.68. The lowest BCUT2D eigenvalue weighted by atomic mass is 10.2. The van der Waals surface area contributed by atoms with Crippen molar-refractivity contribution in [3.8, 4) is 5.75 Å². The van der Waals surface area contributed by atoms with Crippen molar-refractivity contribution in [2.24, 2.45) is 0 Å². The van der Waals surface area contributed by atoms with Gasteiger partial charge >= 0.3 is 0 Å². The second-order valence-corrected chi connectivity index (χ2v) is 3.68. The first-order chi connectivity index (χ1) is 7.67. The minimum Gasteiger partial charge on any atom is -0.494 e. The lowest BCUT2D eigenvalue weighted by molar-refractivity contribution is -0.130. The Bertz CT molecular complexity index is 332. The largest absolute Gasteiger partial charge is 0.494 e. The fraction of sp³-hybridized carbons (Fsp3) is 0.462. The number of hydrogen-bond donors (Lipinski definition) is 0. The number of rotatable bonds is 5. The molecule has 0 atom stereocenters. The van der Waals surface area contributed by atoms with E-state index in [2.05, 4.69) is 0 Å². The number of hydrogen-bond acceptors (Lipinski definition) is 2. The van der Waals surface area contributed by atoms with E-state index in [1.54, 1.807) is 4.90 Å². The third-order valence-electron chi connectivity index (χ3n) is 2.38. The molecule has 0 saturated heterocycles. The van der Waals surface area contributed by atoms with E-state index in [1.165, 1.54) is 0 Å². The fourth-order valence-corrected chi connectivity index (χ4v) is 1.49. The molecule has 0 saturated carbocycles. The van der Waals surface area contributed by atoms with Crippen molar-refractivity contribution >= 4 is 5.91 Å². The monoisotopic (exact) mass is 221 g/mol. The van der Waals surface area contributed by atoms with Gasteiger partial charge in [0.25, 0.3) is 0 Å². The number of ether oxygens (including phenoxy) is 1. The highest BCUT2D eigenvalue weighted by Gasteiger charge is 2.06. The Labute approximate surface area is 97.0 Å². The van der Waals surface area contributed by atoms with Gasteiger partial charge in [0.15, 0.2) is 0 Å². The summed E-state index contributed by atoms with van der Waals surface area (Å²) >= 11 is 0. The van der Waals surface area contributed by atoms with Gasteiger partial charge in [0.1, 0.15) is 5.75 Å². The van der Waals surface area contributed by atoms with Crippen molar-refractivity contribution in [1.82, 2.24) is 4.90 Å². The maximum atomic E-state index is 11.4. The summed E-state index contributed by atoms with van der Waals surface area (Å²) in [5.41, 5.74) is 1.12. The van der Waals surface area contributed by atoms with Crippen LogP contribution >= 0.6 is 0 Å². The lowest BCUT2D eigenvalue weighted by Gasteiger charge is -2.16. The third-order valence-corrected chi connectivity index (χ3v) is 2.38. The number of carbonyl (C=O) groups is 1. The molecule has 0 aliphatic rings. The molecule has 3 nitrogen and oxygen atoms in total. The van der Waals surface area contributed by atoms with Crippen LogP contribution in [0.5, 0.6) is 5.75 Å². The molecule has 1 aromatic carbocycles. The van der Waals surface area contributed by atoms with Gasteiger partial charge in [-0.2, -0.15) is 0 Å². The summed E-state index contributed by atoms with van der Waals surface area (Å²) in [5, 5.41) is 0. The van der Waals surface area contributed by atoms with Gasteiger partial charge < -0.3 is 9.64 Å². The Kier molecular flexibility index (Phi) is 4.83. The highest BCUT2D eigenvalue weighted by Crippen LogP contribution is 2.13. The zero-order valence-electron chi connectivity index (χ0n) is 10.2. The molecule has 0 radical (unpaired) electrons. The van der Waals surface area contributed by atoms with Crippen LogP contribution in [0, 0.1) is 0 Å². The highest BCUT2D eigenvalue weighted by atomic mass is 16.5. The van der Waals surface area contributed by atoms with Crippen molar-refractivity contribution < 1.29 is 9.53 Å². The Morgan fingerprint density at radius 2 is 1.88 bits per heavy atom. The van der Waals surface area contributed by atoms with Crippen LogP contribution in [0.25, 0.3) is 0 Å². The summed E-state index contributed by atoms with van der Waals surface area (Å²) in [6.07, 6.45) is 0.549. The van der Waals surface area contributed by atoms with Gasteiger partial charge in [-0.15, -0.1) is 0 Å². The van der Waals surface area contributed by atoms with Gasteiger partial charge in [0, 0.05) is 20.0 Å². The van der Waals surface area contributed by atoms with Gasteiger partial charge in [-0.25, -0.2) is 0 Å². The average molecular weight is 221 g/mol. The molecule has 0 heterocycles. The summed E-state index contributed by atoms with van der Waals surface area (Å²) in [6.45, 7) is 5.16. The van der Waals surface area contributed by atoms with Crippen LogP contribution in [-0.2, 0) is 11.3 Å². The maximum Gasteiger partial charge on any atom is 0.222 e. The van der Waals surface area contributed by atoms with Crippen LogP contribution in [0.2, 0.25) is 0 Å². The minimum atomic E-state index is 0.161. The molecule has 0 aromatic heterocycles. The first-order valence-electron chi connectivity index (χ1n) is 5.63. The molecule has 0 aliphatic carbocycles. The average Bonchev–Trinajstić information content (AvgIpc) is 2.31. The summed E-state index contributed by atoms with van der Waals surface area (Å²) in [6, 6.07) is 7.85. The molecule has 0 aliphatic heterocycles. The van der Waals surface area contributed by atoms with Crippen molar-refractivity contribution in [1.29, 1.82) is 0 Å². The Morgan fingerprint density at radius 1 is 1.25 bits per heavy atom. The molecule has 0 spiro atoms. The van der Waals surface area contributed by atoms with E-state index in [0.717, 1.165) is 11.3 Å². The Hall–Kier alpha value is -1.51. The molecule has 0 unspecified atom stereocenters. The van der Waals surface area contributed by atoms with E-state index in [1.807, 2.05) is 45.2 Å². The summed E-state index contributed by atoms with van der Waals surface area (Å²) in [5.74, 6) is 1.03. The molecule has 16 heavy (non-hydrogen) atoms. The summed E-state index contributed by atoms with van der Waals surface area (Å²) < 4.78 is 5.35. The smallest absolute Gasteiger partial charge is 0.222 e. The number of nitrogens with zero attached hydrogens (tertiary/aromatic N) is 1. The fourth-order valence-electron chi connectivity index (χ4n) is 1.49. The SMILES string of the molecule is CCOc1ccc(CN(C)C(=O)CC)cc1. The summed E-state index contributed by atoms with van der Waals surface area (Å²) in [4.78, 5) is 13.1. The van der Waals surface area contributed by atoms with Gasteiger partial charge in [-0.05, 0) is 24.6 Å². The van der Waals surface area contributed by atoms with Gasteiger partial charge in [0.05, 0.1) is 6.61 Å². The normalized spacial score (nSPS) is 9.94. The van der Waals surface area contributed by atoms with Crippen molar-refractivity contribution in [2.45, 2.75) is 26.8 Å². The van der Waals surface area contributed by atoms with Crippen LogP contribution in [0.15, 0.2) is 24.3 Å². The van der Waals surface area contributed by atoms with Crippen LogP contribution in [0.4, 0.5) is 0 Å². The quantitative estimate of drug-likeness (QED) is 0.764. The van der Waals surface area contributed by atoms with E-state index in [-0.39, 0.29) is 5.91 Å². The molecular formula is C13H19NO2. The van der Waals surface area contributed by atoms with Crippen LogP contribution in [0.3, 0.4) is 0 Å². The van der Waals surface area contributed by atoms with Gasteiger partial charge in [0.2, 0.25) is 5.91 Å². The Morgan fingerprint density at radius 3 is 2.38 bits per heavy atom. The minimum absolute atomic E-state index is 0.161. The van der Waals surface area contributed by atoms with Crippen LogP contribution in [0.1, 0.15) is 25.8 Å². The molecule has 88 valence electrons. The highest BCUT2D eigenvalue weighted by molar-refractivity contribution is 5.75. The van der Waals surface area contributed by atoms with Crippen molar-refractivity contribution in [3.05, 3.63) is 29.8 Å². The first kappa shape index (κ1) is 12.6. The molecule has 0 N–H and O–H groups in total. The van der Waals surface area contributed by atoms with E-state index in [4.69, 9.17) is 4.74 Å². The van der Waals surface area contributed by atoms with E-state index in [0.29, 0.717) is 19.6 Å². The predicted molar refractivity (Wildman–Crippen MR) is 64.4 cm³/mol. The molecule has 1 rings (SSSR count). The zero-order valence-corrected chi connectivity index (χ0v) is 10.2. The van der Waals surface area contributed by atoms with E-state index < -0.39 is 0 Å². The molecule has 1 aromatic rings. The zero-order chi connectivity index (χ0) is 12.0. The van der Waals surface area contributed by atoms with Gasteiger partial charge in [-0.3, -0.25) is 4.79 Å². The second kappa shape index (κ2) is 6.16. The third kappa shape index (κ3) is 3.57. The van der Waals surface area contributed by atoms with Crippen molar-refractivity contribution in [3.63, 3.8) is 0 Å². The lowest BCUT2D eigenvalue weighted by Crippen LogP contribution is -2.25. The van der Waals surface area contributed by atoms with E-state index in [9.17, 15) is 4.79 Å². The molecule has 1 amide bonds. The molecule has 3 heteroatoms. The standard InChI is InChI=1S/C13H19NO2/c1-4-13(15)14(3)10-11-6-8-12(9-7-11)16-5-2/h6-9H,4-5,10H2,1-3H3. The Balaban J connectivity index is 2.58. The molecule has 0 bridgehead atoms. The maximum absolute atomic E-state index is 11.4. The van der Waals surface area contributed by atoms with Crippen LogP contribution in [-0.4, -0.2) is 24.5 Å². The van der Waals surface area contributed by atoms with Crippen molar-refractivity contribution in [2.75, 3.05) is 13.7 Å². The van der Waals surface area contributed by atoms with Gasteiger partial charge in [-0.1, -0.05) is 19.1 Å². The summed E-state index contributed by atoms with van der Waals surface area (Å²) in [7, 11) is 1.82. The predicted octanol–water partition coefficient (Wildman–Crippen LogP) is 2.45. The number of carbonyl (C=O) groups excluding carboxylic acids is 1. The molecular weight excluding hydrogens is 202 g/mol. The van der Waals surface area contributed by atoms with Crippen LogP contribution < -0.4 is 4.74 Å². The number of amides is 1. The van der Waals surface area contributed by atoms with E-state index >= 15 is 0 Å². The topological polar surface area (TPSA) is 29.5 Å². The first-order valence-corrected chi connectivity index (χ1v) is 5.63. The number of benzene rings is 1.